The van der Waals surface area contributed by atoms with Gasteiger partial charge in [-0.1, -0.05) is 103 Å². The highest BCUT2D eigenvalue weighted by Crippen LogP contribution is 2.41. The number of aliphatic hydroxyl groups excluding tert-OH is 2. The molecule has 14 amide bonds. The standard InChI is InChI=1S/C71H119N17O16S2/c1-12-38(4)51-61(98)84-54-63(100)83-53(40(6)14-3)68(104)87-33-18-22-47(87)59(96)74-30-16-15-25-50(91)76-42-28-26-41(27-29-42)55(92)81-52(39(5)13-2)62(99)85-65(105-106-71(54,10)11)64(101)80-46(37-90)57(94)77-43(21-17-31-75-69(72)73)56(93)79-45(36-89)58(95)78-44(35-70(7,8)9)66(102)88-34-20-24-49(88)67(103)86-32-19-23-48(86)60(97)82-51/h38-49,51-54,65,89-90H,12-37H2,1-11H3,(H,74,96)(H,76,91)(H,77,94)(H,78,95)(H,79,93)(H,80,101)(H,81,92)(H,82,97)(H,83,100)(H,84,98)(H,85,99)(H4,72,73,75)/t38-,39-,40-,41?,42?,43-,44-,45-,46-,47-,48-,49-,51-,52-,53-,54+,65-/m0/s1. The minimum Gasteiger partial charge on any atom is -0.394 e. The summed E-state index contributed by atoms with van der Waals surface area (Å²) < 4.78 is -1.65. The van der Waals surface area contributed by atoms with Crippen LogP contribution in [-0.4, -0.2) is 242 Å². The first-order valence-electron chi connectivity index (χ1n) is 37.9. The van der Waals surface area contributed by atoms with Gasteiger partial charge in [-0.25, -0.2) is 0 Å². The molecule has 0 aromatic rings. The molecule has 6 aliphatic heterocycles. The molecule has 35 heteroatoms. The molecule has 0 unspecified atom stereocenters. The molecule has 0 aromatic heterocycles. The predicted molar refractivity (Wildman–Crippen MR) is 397 cm³/mol. The van der Waals surface area contributed by atoms with Crippen LogP contribution in [-0.2, 0) is 67.1 Å². The molecule has 0 aromatic carbocycles. The summed E-state index contributed by atoms with van der Waals surface area (Å²) >= 11 is 0. The van der Waals surface area contributed by atoms with Crippen LogP contribution in [0.5, 0.6) is 0 Å². The number of carbonyl (C=O) groups excluding carboxylic acids is 14. The van der Waals surface area contributed by atoms with E-state index in [0.717, 1.165) is 10.8 Å². The predicted octanol–water partition coefficient (Wildman–Crippen LogP) is -0.749. The van der Waals surface area contributed by atoms with Crippen molar-refractivity contribution in [3.63, 3.8) is 0 Å². The molecule has 1 saturated carbocycles. The topological polar surface area (TPSA) is 483 Å². The van der Waals surface area contributed by atoms with Gasteiger partial charge in [-0.15, -0.1) is 0 Å². The van der Waals surface area contributed by atoms with Crippen LogP contribution in [0.2, 0.25) is 0 Å². The minimum absolute atomic E-state index is 0.00161. The monoisotopic (exact) mass is 1530 g/mol. The molecule has 0 spiro atoms. The molecule has 6 saturated heterocycles. The van der Waals surface area contributed by atoms with Crippen LogP contribution >= 0.6 is 21.6 Å². The van der Waals surface area contributed by atoms with Crippen molar-refractivity contribution >= 4 is 110 Å². The fraction of sp³-hybridized carbons (Fsp3) is 0.789. The van der Waals surface area contributed by atoms with Gasteiger partial charge in [-0.3, -0.25) is 72.5 Å². The van der Waals surface area contributed by atoms with E-state index in [1.807, 2.05) is 27.7 Å². The third-order valence-electron chi connectivity index (χ3n) is 21.2. The Kier molecular flexibility index (Phi) is 33.5. The Morgan fingerprint density at radius 3 is 1.57 bits per heavy atom. The summed E-state index contributed by atoms with van der Waals surface area (Å²) in [6.07, 6.45) is 5.31. The third-order valence-corrected chi connectivity index (χ3v) is 24.7. The van der Waals surface area contributed by atoms with E-state index in [1.165, 1.54) is 14.7 Å². The van der Waals surface area contributed by atoms with Crippen LogP contribution in [0.25, 0.3) is 0 Å². The summed E-state index contributed by atoms with van der Waals surface area (Å²) in [5.41, 5.74) is 4.89. The van der Waals surface area contributed by atoms with Gasteiger partial charge >= 0.3 is 0 Å². The minimum atomic E-state index is -1.92. The number of hydrogen-bond acceptors (Lipinski definition) is 19. The number of rotatable bonds is 13. The fourth-order valence-corrected chi connectivity index (χ4v) is 16.9. The summed E-state index contributed by atoms with van der Waals surface area (Å²) in [5.74, 6) is -13.4. The number of nitrogens with one attached hydrogen (secondary N) is 13. The number of aliphatic hydroxyl groups is 2. The van der Waals surface area contributed by atoms with Gasteiger partial charge in [-0.2, -0.15) is 0 Å². The van der Waals surface area contributed by atoms with Crippen molar-refractivity contribution in [2.45, 2.75) is 281 Å². The summed E-state index contributed by atoms with van der Waals surface area (Å²) in [5, 5.41) is 60.7. The van der Waals surface area contributed by atoms with E-state index >= 15 is 28.8 Å². The SMILES string of the molecule is CC[C@H](C)[C@@H]1NC(=O)C2CCC(CC2)NC(=O)CCCCNC(=O)[C@@H]2CCCN2C(=O)[C@H]([C@@H](C)CC)NC(=O)[C@H]2NC(=O)[C@H]([C@@H](C)CC)NC(=O)[C@@H]3CCCN3C(=O)[C@@H]3CCCN3C(=O)[C@H](CC(C)(C)C)NC(=O)[C@H](CO)NC(=O)[C@H](CCCNC(=N)N)NC(=O)[C@H](CO)NC(=O)[C@@H](NC1=O)SSC2(C)C. The van der Waals surface area contributed by atoms with Gasteiger partial charge in [0.2, 0.25) is 76.8 Å². The lowest BCUT2D eigenvalue weighted by Gasteiger charge is -2.38. The smallest absolute Gasteiger partial charge is 0.254 e. The van der Waals surface area contributed by atoms with Gasteiger partial charge in [0.25, 0.3) is 5.91 Å². The Labute approximate surface area is 630 Å². The van der Waals surface area contributed by atoms with Crippen molar-refractivity contribution in [1.29, 1.82) is 5.41 Å². The van der Waals surface area contributed by atoms with E-state index in [9.17, 15) is 48.6 Å². The lowest BCUT2D eigenvalue weighted by atomic mass is 9.85. The van der Waals surface area contributed by atoms with Crippen molar-refractivity contribution in [2.75, 3.05) is 45.9 Å². The molecule has 7 fully saturated rings. The van der Waals surface area contributed by atoms with E-state index in [0.29, 0.717) is 94.3 Å². The second-order valence-corrected chi connectivity index (χ2v) is 34.0. The summed E-state index contributed by atoms with van der Waals surface area (Å²) in [7, 11) is 1.45. The first-order valence-corrected chi connectivity index (χ1v) is 40.2. The molecule has 4 bridgehead atoms. The van der Waals surface area contributed by atoms with Crippen LogP contribution in [0.15, 0.2) is 0 Å². The van der Waals surface area contributed by atoms with Gasteiger partial charge in [-0.05, 0) is 133 Å². The molecule has 7 rings (SSSR count). The van der Waals surface area contributed by atoms with E-state index < -0.39 is 202 Å². The maximum Gasteiger partial charge on any atom is 0.254 e. The van der Waals surface area contributed by atoms with Gasteiger partial charge in [0, 0.05) is 51.1 Å². The molecular weight excluding hydrogens is 1410 g/mol. The second kappa shape index (κ2) is 40.6. The Morgan fingerprint density at radius 2 is 1.01 bits per heavy atom. The van der Waals surface area contributed by atoms with Crippen molar-refractivity contribution in [3.05, 3.63) is 0 Å². The average Bonchev–Trinajstić information content (AvgIpc) is 1.32. The number of nitrogens with zero attached hydrogens (tertiary/aromatic N) is 3. The molecule has 7 aliphatic rings. The molecule has 15 atom stereocenters. The van der Waals surface area contributed by atoms with Crippen LogP contribution in [0.4, 0.5) is 0 Å². The Morgan fingerprint density at radius 1 is 0.528 bits per heavy atom. The Bertz CT molecular complexity index is 3150. The lowest BCUT2D eigenvalue weighted by molar-refractivity contribution is -0.148. The lowest BCUT2D eigenvalue weighted by Crippen LogP contribution is -2.64. The number of amides is 14. The van der Waals surface area contributed by atoms with Gasteiger partial charge in [0.1, 0.15) is 66.5 Å². The molecule has 6 heterocycles. The highest BCUT2D eigenvalue weighted by atomic mass is 33.1. The quantitative estimate of drug-likeness (QED) is 0.0467. The average molecular weight is 1530 g/mol. The summed E-state index contributed by atoms with van der Waals surface area (Å²) in [6, 6.07) is -15.7. The zero-order valence-corrected chi connectivity index (χ0v) is 65.2. The van der Waals surface area contributed by atoms with E-state index in [2.05, 4.69) is 63.8 Å². The van der Waals surface area contributed by atoms with Crippen LogP contribution in [0.3, 0.4) is 0 Å². The Balaban J connectivity index is 1.51. The number of nitrogens with two attached hydrogens (primary N) is 1. The normalized spacial score (nSPS) is 30.8. The third kappa shape index (κ3) is 24.2. The van der Waals surface area contributed by atoms with E-state index in [-0.39, 0.29) is 83.2 Å². The molecule has 106 heavy (non-hydrogen) atoms. The van der Waals surface area contributed by atoms with Crippen molar-refractivity contribution in [2.24, 2.45) is 34.8 Å². The number of hydrogen-bond donors (Lipinski definition) is 16. The molecule has 596 valence electrons. The molecule has 17 N–H and O–H groups in total. The van der Waals surface area contributed by atoms with Crippen molar-refractivity contribution in [1.82, 2.24) is 78.5 Å². The largest absolute Gasteiger partial charge is 0.394 e. The zero-order valence-electron chi connectivity index (χ0n) is 63.5. The summed E-state index contributed by atoms with van der Waals surface area (Å²) in [6.45, 7) is 17.5. The number of carbonyl (C=O) groups is 14. The van der Waals surface area contributed by atoms with E-state index in [4.69, 9.17) is 11.1 Å². The fourth-order valence-electron chi connectivity index (χ4n) is 14.3. The van der Waals surface area contributed by atoms with Crippen LogP contribution in [0.1, 0.15) is 198 Å². The molecule has 0 radical (unpaired) electrons. The van der Waals surface area contributed by atoms with Crippen molar-refractivity contribution < 1.29 is 77.3 Å². The Hall–Kier alpha value is -7.53. The molecule has 33 nitrogen and oxygen atoms in total. The number of guanidine groups is 1. The highest BCUT2D eigenvalue weighted by molar-refractivity contribution is 8.77. The molecule has 1 aliphatic carbocycles. The molecular formula is C71H119N17O16S2. The first-order chi connectivity index (χ1) is 50.1. The second-order valence-electron chi connectivity index (χ2n) is 31.0. The summed E-state index contributed by atoms with van der Waals surface area (Å²) in [4.78, 5) is 211. The van der Waals surface area contributed by atoms with Crippen LogP contribution < -0.4 is 69.5 Å². The highest BCUT2D eigenvalue weighted by Gasteiger charge is 2.49. The van der Waals surface area contributed by atoms with Gasteiger partial charge in [0.15, 0.2) is 11.3 Å². The first kappa shape index (κ1) is 87.4. The van der Waals surface area contributed by atoms with Gasteiger partial charge in [0.05, 0.1) is 18.0 Å². The maximum absolute atomic E-state index is 15.7. The maximum atomic E-state index is 15.7. The van der Waals surface area contributed by atoms with Crippen molar-refractivity contribution in [3.8, 4) is 0 Å². The zero-order chi connectivity index (χ0) is 78.5. The number of fused-ring (bicyclic) bond motifs is 18. The van der Waals surface area contributed by atoms with Crippen LogP contribution in [0, 0.1) is 34.5 Å². The van der Waals surface area contributed by atoms with Gasteiger partial charge < -0.3 is 94.4 Å². The van der Waals surface area contributed by atoms with E-state index in [1.54, 1.807) is 48.5 Å².